The minimum Gasteiger partial charge on any atom is -0.497 e. The second-order valence-electron chi connectivity index (χ2n) is 7.90. The highest BCUT2D eigenvalue weighted by Gasteiger charge is 2.20. The molecule has 1 aliphatic carbocycles. The summed E-state index contributed by atoms with van der Waals surface area (Å²) in [6.07, 6.45) is 7.08. The van der Waals surface area contributed by atoms with Crippen LogP contribution in [0.2, 0.25) is 0 Å². The highest BCUT2D eigenvalue weighted by atomic mass is 16.5. The lowest BCUT2D eigenvalue weighted by atomic mass is 9.88. The van der Waals surface area contributed by atoms with E-state index in [1.807, 2.05) is 12.1 Å². The molecule has 0 atom stereocenters. The Morgan fingerprint density at radius 1 is 0.931 bits per heavy atom. The Morgan fingerprint density at radius 2 is 1.76 bits per heavy atom. The second kappa shape index (κ2) is 9.36. The minimum absolute atomic E-state index is 0.970. The van der Waals surface area contributed by atoms with Crippen molar-refractivity contribution in [2.24, 2.45) is 0 Å². The number of allylic oxidation sites excluding steroid dienone is 2. The lowest BCUT2D eigenvalue weighted by Crippen LogP contribution is -2.46. The molecule has 0 unspecified atom stereocenters. The lowest BCUT2D eigenvalue weighted by molar-refractivity contribution is 0.255. The summed E-state index contributed by atoms with van der Waals surface area (Å²) < 4.78 is 10.9. The molecule has 2 aromatic rings. The summed E-state index contributed by atoms with van der Waals surface area (Å²) in [6, 6.07) is 14.9. The van der Waals surface area contributed by atoms with Gasteiger partial charge in [-0.3, -0.25) is 4.90 Å². The number of hydrogen-bond donors (Lipinski definition) is 0. The van der Waals surface area contributed by atoms with Gasteiger partial charge >= 0.3 is 0 Å². The van der Waals surface area contributed by atoms with Gasteiger partial charge in [-0.1, -0.05) is 24.3 Å². The quantitative estimate of drug-likeness (QED) is 0.686. The largest absolute Gasteiger partial charge is 0.497 e. The van der Waals surface area contributed by atoms with E-state index in [-0.39, 0.29) is 0 Å². The van der Waals surface area contributed by atoms with Gasteiger partial charge in [-0.05, 0) is 73.2 Å². The average Bonchev–Trinajstić information content (AvgIpc) is 2.79. The molecular weight excluding hydrogens is 360 g/mol. The molecule has 29 heavy (non-hydrogen) atoms. The summed E-state index contributed by atoms with van der Waals surface area (Å²) in [6.45, 7) is 5.52. The second-order valence-corrected chi connectivity index (χ2v) is 7.90. The van der Waals surface area contributed by atoms with Crippen molar-refractivity contribution in [3.8, 4) is 11.5 Å². The Bertz CT molecular complexity index is 854. The molecule has 0 radical (unpaired) electrons. The van der Waals surface area contributed by atoms with Crippen LogP contribution in [-0.2, 0) is 6.42 Å². The molecule has 0 amide bonds. The van der Waals surface area contributed by atoms with E-state index >= 15 is 0 Å². The maximum Gasteiger partial charge on any atom is 0.142 e. The topological polar surface area (TPSA) is 24.9 Å². The Morgan fingerprint density at radius 3 is 2.55 bits per heavy atom. The van der Waals surface area contributed by atoms with Crippen LogP contribution in [0.4, 0.5) is 5.69 Å². The molecule has 0 saturated carbocycles. The maximum atomic E-state index is 5.53. The van der Waals surface area contributed by atoms with E-state index in [1.54, 1.807) is 14.2 Å². The summed E-state index contributed by atoms with van der Waals surface area (Å²) >= 11 is 0. The Balaban J connectivity index is 1.27. The molecule has 154 valence electrons. The van der Waals surface area contributed by atoms with Crippen molar-refractivity contribution in [3.63, 3.8) is 0 Å². The van der Waals surface area contributed by atoms with Crippen molar-refractivity contribution in [2.75, 3.05) is 51.8 Å². The fourth-order valence-corrected chi connectivity index (χ4v) is 4.56. The number of piperazine rings is 1. The summed E-state index contributed by atoms with van der Waals surface area (Å²) in [4.78, 5) is 5.05. The zero-order valence-corrected chi connectivity index (χ0v) is 17.7. The van der Waals surface area contributed by atoms with Crippen LogP contribution in [0, 0.1) is 0 Å². The number of nitrogens with zero attached hydrogens (tertiary/aromatic N) is 2. The third kappa shape index (κ3) is 4.59. The number of methoxy groups -OCH3 is 2. The van der Waals surface area contributed by atoms with Crippen molar-refractivity contribution in [2.45, 2.75) is 25.7 Å². The van der Waals surface area contributed by atoms with E-state index in [4.69, 9.17) is 9.47 Å². The molecule has 1 fully saturated rings. The van der Waals surface area contributed by atoms with Gasteiger partial charge in [-0.2, -0.15) is 0 Å². The lowest BCUT2D eigenvalue weighted by Gasteiger charge is -2.36. The van der Waals surface area contributed by atoms with Crippen LogP contribution in [0.15, 0.2) is 48.5 Å². The number of para-hydroxylation sites is 2. The maximum absolute atomic E-state index is 5.53. The first-order valence-electron chi connectivity index (χ1n) is 10.7. The fourth-order valence-electron chi connectivity index (χ4n) is 4.56. The summed E-state index contributed by atoms with van der Waals surface area (Å²) in [7, 11) is 3.50. The number of benzene rings is 2. The normalized spacial score (nSPS) is 16.9. The van der Waals surface area contributed by atoms with E-state index in [0.29, 0.717) is 0 Å². The Kier molecular flexibility index (Phi) is 6.40. The van der Waals surface area contributed by atoms with Crippen LogP contribution in [0.25, 0.3) is 5.57 Å². The molecule has 2 aliphatic rings. The summed E-state index contributed by atoms with van der Waals surface area (Å²) in [5, 5.41) is 0. The van der Waals surface area contributed by atoms with Gasteiger partial charge in [0.2, 0.25) is 0 Å². The van der Waals surface area contributed by atoms with Crippen molar-refractivity contribution < 1.29 is 9.47 Å². The van der Waals surface area contributed by atoms with E-state index in [1.165, 1.54) is 35.4 Å². The number of hydrogen-bond acceptors (Lipinski definition) is 4. The first-order valence-corrected chi connectivity index (χ1v) is 10.7. The van der Waals surface area contributed by atoms with Crippen LogP contribution >= 0.6 is 0 Å². The molecule has 4 nitrogen and oxygen atoms in total. The molecule has 1 saturated heterocycles. The standard InChI is InChI=1S/C25H32N2O2/c1-28-22-12-13-23-20(7-5-8-21(23)19-22)9-6-14-26-15-17-27(18-16-26)24-10-3-4-11-25(24)29-2/h3-4,7,10-13,19H,5-6,8-9,14-18H2,1-2H3. The molecule has 0 N–H and O–H groups in total. The molecule has 0 aromatic heterocycles. The van der Waals surface area contributed by atoms with Gasteiger partial charge in [0.15, 0.2) is 0 Å². The van der Waals surface area contributed by atoms with Gasteiger partial charge in [-0.15, -0.1) is 0 Å². The predicted molar refractivity (Wildman–Crippen MR) is 120 cm³/mol. The molecule has 1 aliphatic heterocycles. The monoisotopic (exact) mass is 392 g/mol. The molecule has 0 bridgehead atoms. The van der Waals surface area contributed by atoms with E-state index < -0.39 is 0 Å². The Hall–Kier alpha value is -2.46. The summed E-state index contributed by atoms with van der Waals surface area (Å²) in [5.74, 6) is 1.94. The SMILES string of the molecule is COc1ccc2c(c1)CCC=C2CCCN1CCN(c2ccccc2OC)CC1. The van der Waals surface area contributed by atoms with Crippen LogP contribution in [0.1, 0.15) is 30.4 Å². The van der Waals surface area contributed by atoms with Gasteiger partial charge in [0.25, 0.3) is 0 Å². The third-order valence-electron chi connectivity index (χ3n) is 6.18. The molecule has 4 rings (SSSR count). The van der Waals surface area contributed by atoms with Crippen LogP contribution in [-0.4, -0.2) is 51.8 Å². The summed E-state index contributed by atoms with van der Waals surface area (Å²) in [5.41, 5.74) is 5.60. The number of aryl methyl sites for hydroxylation is 1. The van der Waals surface area contributed by atoms with E-state index in [9.17, 15) is 0 Å². The predicted octanol–water partition coefficient (Wildman–Crippen LogP) is 4.64. The van der Waals surface area contributed by atoms with Crippen molar-refractivity contribution >= 4 is 11.3 Å². The smallest absolute Gasteiger partial charge is 0.142 e. The van der Waals surface area contributed by atoms with Gasteiger partial charge < -0.3 is 14.4 Å². The van der Waals surface area contributed by atoms with Crippen molar-refractivity contribution in [1.29, 1.82) is 0 Å². The highest BCUT2D eigenvalue weighted by Crippen LogP contribution is 2.32. The van der Waals surface area contributed by atoms with Gasteiger partial charge in [0.1, 0.15) is 11.5 Å². The van der Waals surface area contributed by atoms with Crippen LogP contribution in [0.3, 0.4) is 0 Å². The van der Waals surface area contributed by atoms with E-state index in [2.05, 4.69) is 46.2 Å². The van der Waals surface area contributed by atoms with Crippen molar-refractivity contribution in [3.05, 3.63) is 59.7 Å². The zero-order valence-electron chi connectivity index (χ0n) is 17.7. The molecule has 1 heterocycles. The Labute approximate surface area is 174 Å². The van der Waals surface area contributed by atoms with Gasteiger partial charge in [0, 0.05) is 26.2 Å². The average molecular weight is 393 g/mol. The van der Waals surface area contributed by atoms with Crippen LogP contribution < -0.4 is 14.4 Å². The first-order chi connectivity index (χ1) is 14.3. The minimum atomic E-state index is 0.970. The van der Waals surface area contributed by atoms with Gasteiger partial charge in [-0.25, -0.2) is 0 Å². The number of rotatable bonds is 7. The first kappa shape index (κ1) is 19.8. The molecule has 0 spiro atoms. The van der Waals surface area contributed by atoms with E-state index in [0.717, 1.165) is 56.9 Å². The van der Waals surface area contributed by atoms with Crippen LogP contribution in [0.5, 0.6) is 11.5 Å². The highest BCUT2D eigenvalue weighted by molar-refractivity contribution is 5.70. The molecule has 2 aromatic carbocycles. The molecular formula is C25H32N2O2. The molecule has 4 heteroatoms. The fraction of sp³-hybridized carbons (Fsp3) is 0.440. The van der Waals surface area contributed by atoms with Gasteiger partial charge in [0.05, 0.1) is 19.9 Å². The number of anilines is 1. The van der Waals surface area contributed by atoms with Crippen molar-refractivity contribution in [1.82, 2.24) is 4.90 Å². The number of fused-ring (bicyclic) bond motifs is 1. The zero-order chi connectivity index (χ0) is 20.1. The third-order valence-corrected chi connectivity index (χ3v) is 6.18. The number of ether oxygens (including phenoxy) is 2.